The number of anilines is 1. The number of piperazine rings is 1. The van der Waals surface area contributed by atoms with Crippen LogP contribution in [0.5, 0.6) is 11.5 Å². The van der Waals surface area contributed by atoms with E-state index in [1.54, 1.807) is 39.4 Å². The quantitative estimate of drug-likeness (QED) is 0.180. The highest BCUT2D eigenvalue weighted by molar-refractivity contribution is 7.89. The van der Waals surface area contributed by atoms with E-state index in [0.29, 0.717) is 51.8 Å². The highest BCUT2D eigenvalue weighted by Gasteiger charge is 2.31. The summed E-state index contributed by atoms with van der Waals surface area (Å²) in [4.78, 5) is 12.4. The highest BCUT2D eigenvalue weighted by Crippen LogP contribution is 2.30. The molecule has 1 aliphatic heterocycles. The number of benzene rings is 3. The predicted molar refractivity (Wildman–Crippen MR) is 183 cm³/mol. The zero-order valence-electron chi connectivity index (χ0n) is 27.0. The number of nitrogens with zero attached hydrogens (tertiary/aromatic N) is 6. The molecule has 11 nitrogen and oxygen atoms in total. The Labute approximate surface area is 276 Å². The maximum Gasteiger partial charge on any atom is 0.243 e. The Morgan fingerprint density at radius 3 is 2.34 bits per heavy atom. The van der Waals surface area contributed by atoms with Gasteiger partial charge < -0.3 is 14.8 Å². The Morgan fingerprint density at radius 2 is 1.62 bits per heavy atom. The number of fused-ring (bicyclic) bond motifs is 1. The predicted octanol–water partition coefficient (Wildman–Crippen LogP) is 5.34. The summed E-state index contributed by atoms with van der Waals surface area (Å²) in [7, 11) is -3.62. The molecule has 5 aromatic rings. The summed E-state index contributed by atoms with van der Waals surface area (Å²) in [6, 6.07) is 22.6. The molecule has 12 heteroatoms. The molecule has 6 rings (SSSR count). The van der Waals surface area contributed by atoms with Gasteiger partial charge >= 0.3 is 0 Å². The van der Waals surface area contributed by atoms with Crippen LogP contribution >= 0.6 is 0 Å². The van der Waals surface area contributed by atoms with Crippen molar-refractivity contribution in [2.24, 2.45) is 0 Å². The van der Waals surface area contributed by atoms with Gasteiger partial charge in [-0.1, -0.05) is 18.2 Å². The fraction of sp³-hybridized carbons (Fsp3) is 0.343. The lowest BCUT2D eigenvalue weighted by atomic mass is 10.1. The average Bonchev–Trinajstić information content (AvgIpc) is 3.65. The van der Waals surface area contributed by atoms with Gasteiger partial charge in [-0.05, 0) is 87.4 Å². The van der Waals surface area contributed by atoms with Crippen molar-refractivity contribution in [2.75, 3.05) is 51.3 Å². The Kier molecular flexibility index (Phi) is 10.00. The van der Waals surface area contributed by atoms with Gasteiger partial charge in [0.05, 0.1) is 35.4 Å². The van der Waals surface area contributed by atoms with E-state index in [1.165, 1.54) is 0 Å². The third-order valence-electron chi connectivity index (χ3n) is 8.37. The van der Waals surface area contributed by atoms with E-state index in [-0.39, 0.29) is 10.9 Å². The maximum absolute atomic E-state index is 13.5. The van der Waals surface area contributed by atoms with Crippen molar-refractivity contribution in [1.82, 2.24) is 29.0 Å². The van der Waals surface area contributed by atoms with Gasteiger partial charge in [-0.3, -0.25) is 4.90 Å². The van der Waals surface area contributed by atoms with Crippen LogP contribution in [0, 0.1) is 0 Å². The van der Waals surface area contributed by atoms with E-state index in [4.69, 9.17) is 19.4 Å². The van der Waals surface area contributed by atoms with Crippen molar-refractivity contribution in [2.45, 2.75) is 38.1 Å². The standard InChI is InChI=1S/C35H41N7O4S/c1-4-45-32-16-11-27(25-33(32)46-5-2)17-19-36-35-30-9-6-7-10-31(30)38-34(39-35)26(3)40-21-23-41(24-22-40)47(43,44)29-14-12-28(13-15-29)42-20-8-18-37-42/h6-16,18,20,25-26H,4-5,17,19,21-24H2,1-3H3,(H,36,38,39)/t26-/m1/s1. The first-order chi connectivity index (χ1) is 22.9. The second-order valence-electron chi connectivity index (χ2n) is 11.3. The van der Waals surface area contributed by atoms with Crippen LogP contribution in [0.4, 0.5) is 5.82 Å². The van der Waals surface area contributed by atoms with Crippen molar-refractivity contribution >= 4 is 26.7 Å². The molecule has 0 amide bonds. The van der Waals surface area contributed by atoms with E-state index in [1.807, 2.05) is 62.5 Å². The summed E-state index contributed by atoms with van der Waals surface area (Å²) >= 11 is 0. The van der Waals surface area contributed by atoms with E-state index < -0.39 is 10.0 Å². The molecule has 0 aliphatic carbocycles. The number of ether oxygens (including phenoxy) is 2. The van der Waals surface area contributed by atoms with E-state index in [0.717, 1.165) is 45.9 Å². The first-order valence-corrected chi connectivity index (χ1v) is 17.5. The number of rotatable bonds is 13. The molecule has 3 heterocycles. The Morgan fingerprint density at radius 1 is 0.872 bits per heavy atom. The smallest absolute Gasteiger partial charge is 0.243 e. The van der Waals surface area contributed by atoms with E-state index in [2.05, 4.69) is 28.3 Å². The molecular formula is C35H41N7O4S. The molecule has 0 spiro atoms. The summed E-state index contributed by atoms with van der Waals surface area (Å²) in [5.41, 5.74) is 2.81. The molecular weight excluding hydrogens is 614 g/mol. The molecule has 246 valence electrons. The van der Waals surface area contributed by atoms with Crippen LogP contribution in [0.2, 0.25) is 0 Å². The molecule has 0 bridgehead atoms. The summed E-state index contributed by atoms with van der Waals surface area (Å²) < 4.78 is 41.7. The first-order valence-electron chi connectivity index (χ1n) is 16.1. The Balaban J connectivity index is 1.12. The van der Waals surface area contributed by atoms with Crippen molar-refractivity contribution in [1.29, 1.82) is 0 Å². The number of hydrogen-bond acceptors (Lipinski definition) is 9. The van der Waals surface area contributed by atoms with Crippen LogP contribution < -0.4 is 14.8 Å². The van der Waals surface area contributed by atoms with Crippen LogP contribution in [-0.2, 0) is 16.4 Å². The average molecular weight is 656 g/mol. The molecule has 0 unspecified atom stereocenters. The molecule has 47 heavy (non-hydrogen) atoms. The van der Waals surface area contributed by atoms with Gasteiger partial charge in [-0.15, -0.1) is 0 Å². The summed E-state index contributed by atoms with van der Waals surface area (Å²) in [6.45, 7) is 9.76. The van der Waals surface area contributed by atoms with Crippen LogP contribution in [0.1, 0.15) is 38.2 Å². The van der Waals surface area contributed by atoms with Gasteiger partial charge in [0.15, 0.2) is 11.5 Å². The van der Waals surface area contributed by atoms with Crippen LogP contribution in [0.3, 0.4) is 0 Å². The number of hydrogen-bond donors (Lipinski definition) is 1. The Hall–Kier alpha value is -4.52. The van der Waals surface area contributed by atoms with Crippen LogP contribution in [-0.4, -0.2) is 83.3 Å². The molecule has 1 saturated heterocycles. The second-order valence-corrected chi connectivity index (χ2v) is 13.3. The number of nitrogens with one attached hydrogen (secondary N) is 1. The fourth-order valence-corrected chi connectivity index (χ4v) is 7.25. The largest absolute Gasteiger partial charge is 0.490 e. The van der Waals surface area contributed by atoms with E-state index >= 15 is 0 Å². The summed E-state index contributed by atoms with van der Waals surface area (Å²) in [5.74, 6) is 3.00. The fourth-order valence-electron chi connectivity index (χ4n) is 5.83. The van der Waals surface area contributed by atoms with Crippen molar-refractivity contribution in [3.8, 4) is 17.2 Å². The maximum atomic E-state index is 13.5. The molecule has 1 atom stereocenters. The highest BCUT2D eigenvalue weighted by atomic mass is 32.2. The van der Waals surface area contributed by atoms with Gasteiger partial charge in [0.1, 0.15) is 11.6 Å². The summed E-state index contributed by atoms with van der Waals surface area (Å²) in [5, 5.41) is 8.72. The second kappa shape index (κ2) is 14.5. The third-order valence-corrected chi connectivity index (χ3v) is 10.3. The molecule has 1 aliphatic rings. The summed E-state index contributed by atoms with van der Waals surface area (Å²) in [6.07, 6.45) is 4.29. The topological polar surface area (TPSA) is 115 Å². The molecule has 1 N–H and O–H groups in total. The van der Waals surface area contributed by atoms with Crippen LogP contribution in [0.25, 0.3) is 16.6 Å². The lowest BCUT2D eigenvalue weighted by Crippen LogP contribution is -2.49. The minimum absolute atomic E-state index is 0.0989. The van der Waals surface area contributed by atoms with Gasteiger partial charge in [-0.25, -0.2) is 23.1 Å². The minimum atomic E-state index is -3.62. The first kappa shape index (κ1) is 32.4. The molecule has 2 aromatic heterocycles. The zero-order chi connectivity index (χ0) is 32.8. The van der Waals surface area contributed by atoms with Crippen molar-refractivity contribution < 1.29 is 17.9 Å². The molecule has 3 aromatic carbocycles. The number of para-hydroxylation sites is 1. The lowest BCUT2D eigenvalue weighted by Gasteiger charge is -2.36. The minimum Gasteiger partial charge on any atom is -0.490 e. The normalized spacial score (nSPS) is 15.0. The molecule has 0 saturated carbocycles. The molecule has 0 radical (unpaired) electrons. The number of sulfonamides is 1. The van der Waals surface area contributed by atoms with Gasteiger partial charge in [0, 0.05) is 50.5 Å². The van der Waals surface area contributed by atoms with Gasteiger partial charge in [0.25, 0.3) is 0 Å². The SMILES string of the molecule is CCOc1ccc(CCNc2nc([C@@H](C)N3CCN(S(=O)(=O)c4ccc(-n5cccn5)cc4)CC3)nc3ccccc23)cc1OCC. The van der Waals surface area contributed by atoms with Gasteiger partial charge in [0.2, 0.25) is 10.0 Å². The Bertz CT molecular complexity index is 1890. The zero-order valence-corrected chi connectivity index (χ0v) is 27.9. The monoisotopic (exact) mass is 655 g/mol. The van der Waals surface area contributed by atoms with Crippen molar-refractivity contribution in [3.05, 3.63) is 96.6 Å². The van der Waals surface area contributed by atoms with Crippen molar-refractivity contribution in [3.63, 3.8) is 0 Å². The lowest BCUT2D eigenvalue weighted by molar-refractivity contribution is 0.141. The van der Waals surface area contributed by atoms with Crippen LogP contribution in [0.15, 0.2) is 90.1 Å². The van der Waals surface area contributed by atoms with E-state index in [9.17, 15) is 8.42 Å². The van der Waals surface area contributed by atoms with Gasteiger partial charge in [-0.2, -0.15) is 9.40 Å². The third kappa shape index (κ3) is 7.24. The molecule has 1 fully saturated rings. The number of aromatic nitrogens is 4.